The molecule has 0 atom stereocenters. The van der Waals surface area contributed by atoms with Crippen molar-refractivity contribution in [3.63, 3.8) is 0 Å². The number of carbonyl (C=O) groups is 2. The molecule has 2 rings (SSSR count). The second kappa shape index (κ2) is 6.94. The molecule has 0 heterocycles. The Hall–Kier alpha value is -2.82. The lowest BCUT2D eigenvalue weighted by molar-refractivity contribution is -0.143. The minimum Gasteiger partial charge on any atom is -0.299 e. The Kier molecular flexibility index (Phi) is 4.72. The van der Waals surface area contributed by atoms with Crippen LogP contribution in [0.5, 0.6) is 0 Å². The zero-order chi connectivity index (χ0) is 14.2. The van der Waals surface area contributed by atoms with Gasteiger partial charge in [0, 0.05) is 10.8 Å². The van der Waals surface area contributed by atoms with Gasteiger partial charge in [0.2, 0.25) is 0 Å². The van der Waals surface area contributed by atoms with E-state index in [2.05, 4.69) is 15.2 Å². The van der Waals surface area contributed by atoms with E-state index in [0.717, 1.165) is 0 Å². The minimum absolute atomic E-state index is 0.314. The largest absolute Gasteiger partial charge is 0.344 e. The van der Waals surface area contributed by atoms with Crippen LogP contribution in [0.25, 0.3) is 0 Å². The van der Waals surface area contributed by atoms with Gasteiger partial charge in [-0.2, -0.15) is 0 Å². The van der Waals surface area contributed by atoms with Gasteiger partial charge in [0.05, 0.1) is 5.69 Å². The van der Waals surface area contributed by atoms with Gasteiger partial charge in [0.25, 0.3) is 0 Å². The quantitative estimate of drug-likeness (QED) is 0.360. The van der Waals surface area contributed by atoms with Crippen LogP contribution in [0.15, 0.2) is 71.1 Å². The number of carbonyl (C=O) groups excluding carboxylic acids is 2. The third-order valence-corrected chi connectivity index (χ3v) is 2.46. The predicted octanol–water partition coefficient (Wildman–Crippen LogP) is 3.50. The number of nitrogens with zero attached hydrogens (tertiary/aromatic N) is 2. The van der Waals surface area contributed by atoms with Crippen molar-refractivity contribution in [1.29, 1.82) is 0 Å². The molecule has 5 nitrogen and oxygen atoms in total. The highest BCUT2D eigenvalue weighted by Gasteiger charge is 2.12. The maximum atomic E-state index is 11.7. The highest BCUT2D eigenvalue weighted by atomic mass is 16.7. The van der Waals surface area contributed by atoms with Gasteiger partial charge in [0.15, 0.2) is 5.78 Å². The standard InChI is InChI=1S/C15H12N2O3/c18-14(12-7-3-1-4-8-12)11-15(19)20-17-16-13-9-5-2-6-10-13/h1-10H,11H2. The molecule has 0 radical (unpaired) electrons. The van der Waals surface area contributed by atoms with Gasteiger partial charge < -0.3 is 0 Å². The minimum atomic E-state index is -0.737. The van der Waals surface area contributed by atoms with Crippen molar-refractivity contribution in [2.75, 3.05) is 0 Å². The Morgan fingerprint density at radius 3 is 2.15 bits per heavy atom. The van der Waals surface area contributed by atoms with E-state index >= 15 is 0 Å². The average Bonchev–Trinajstić information content (AvgIpc) is 2.49. The zero-order valence-corrected chi connectivity index (χ0v) is 10.6. The van der Waals surface area contributed by atoms with Crippen LogP contribution >= 0.6 is 0 Å². The number of benzene rings is 2. The molecule has 0 saturated heterocycles. The number of rotatable bonds is 5. The van der Waals surface area contributed by atoms with E-state index in [-0.39, 0.29) is 12.2 Å². The summed E-state index contributed by atoms with van der Waals surface area (Å²) in [5.41, 5.74) is 1.03. The molecule has 0 bridgehead atoms. The van der Waals surface area contributed by atoms with Gasteiger partial charge in [0.1, 0.15) is 6.42 Å². The molecule has 0 aromatic heterocycles. The van der Waals surface area contributed by atoms with Gasteiger partial charge in [-0.15, -0.1) is 5.11 Å². The fourth-order valence-corrected chi connectivity index (χ4v) is 1.50. The summed E-state index contributed by atoms with van der Waals surface area (Å²) in [5.74, 6) is -1.05. The van der Waals surface area contributed by atoms with E-state index in [1.807, 2.05) is 6.07 Å². The maximum absolute atomic E-state index is 11.7. The fourth-order valence-electron chi connectivity index (χ4n) is 1.50. The lowest BCUT2D eigenvalue weighted by atomic mass is 10.1. The van der Waals surface area contributed by atoms with Crippen LogP contribution in [0.4, 0.5) is 5.69 Å². The molecular weight excluding hydrogens is 256 g/mol. The first kappa shape index (κ1) is 13.6. The van der Waals surface area contributed by atoms with Crippen LogP contribution in [-0.4, -0.2) is 11.8 Å². The smallest absolute Gasteiger partial charge is 0.299 e. The Balaban J connectivity index is 1.84. The summed E-state index contributed by atoms with van der Waals surface area (Å²) in [7, 11) is 0. The first-order valence-electron chi connectivity index (χ1n) is 6.00. The molecule has 100 valence electrons. The zero-order valence-electron chi connectivity index (χ0n) is 10.6. The number of hydrogen-bond donors (Lipinski definition) is 0. The Labute approximate surface area is 115 Å². The molecule has 0 aliphatic heterocycles. The molecular formula is C15H12N2O3. The van der Waals surface area contributed by atoms with Crippen LogP contribution < -0.4 is 0 Å². The van der Waals surface area contributed by atoms with Crippen molar-refractivity contribution in [3.8, 4) is 0 Å². The van der Waals surface area contributed by atoms with E-state index in [4.69, 9.17) is 0 Å². The molecule has 0 saturated carbocycles. The van der Waals surface area contributed by atoms with Crippen molar-refractivity contribution in [3.05, 3.63) is 66.2 Å². The molecule has 0 spiro atoms. The van der Waals surface area contributed by atoms with Crippen LogP contribution in [0, 0.1) is 0 Å². The molecule has 0 unspecified atom stereocenters. The van der Waals surface area contributed by atoms with Crippen LogP contribution in [0.1, 0.15) is 16.8 Å². The fraction of sp³-hybridized carbons (Fsp3) is 0.0667. The molecule has 0 aliphatic rings. The van der Waals surface area contributed by atoms with Crippen molar-refractivity contribution in [2.24, 2.45) is 10.4 Å². The highest BCUT2D eigenvalue weighted by Crippen LogP contribution is 2.10. The third kappa shape index (κ3) is 4.13. The Bertz CT molecular complexity index is 610. The molecule has 2 aromatic carbocycles. The van der Waals surface area contributed by atoms with Crippen molar-refractivity contribution < 1.29 is 14.4 Å². The van der Waals surface area contributed by atoms with Gasteiger partial charge in [-0.1, -0.05) is 48.5 Å². The summed E-state index contributed by atoms with van der Waals surface area (Å²) < 4.78 is 0. The normalized spacial score (nSPS) is 10.4. The third-order valence-electron chi connectivity index (χ3n) is 2.46. The van der Waals surface area contributed by atoms with Crippen molar-refractivity contribution in [1.82, 2.24) is 0 Å². The summed E-state index contributed by atoms with van der Waals surface area (Å²) in [6.07, 6.45) is -0.363. The molecule has 0 amide bonds. The first-order chi connectivity index (χ1) is 9.75. The topological polar surface area (TPSA) is 68.1 Å². The van der Waals surface area contributed by atoms with Gasteiger partial charge in [-0.05, 0) is 12.1 Å². The van der Waals surface area contributed by atoms with E-state index in [1.54, 1.807) is 54.6 Å². The number of ketones is 1. The summed E-state index contributed by atoms with van der Waals surface area (Å²) in [5, 5.41) is 7.01. The van der Waals surface area contributed by atoms with Crippen LogP contribution in [0.3, 0.4) is 0 Å². The Morgan fingerprint density at radius 2 is 1.50 bits per heavy atom. The average molecular weight is 268 g/mol. The molecule has 20 heavy (non-hydrogen) atoms. The monoisotopic (exact) mass is 268 g/mol. The van der Waals surface area contributed by atoms with Crippen LogP contribution in [-0.2, 0) is 9.63 Å². The van der Waals surface area contributed by atoms with E-state index < -0.39 is 5.97 Å². The summed E-state index contributed by atoms with van der Waals surface area (Å²) >= 11 is 0. The molecule has 0 N–H and O–H groups in total. The molecule has 0 aliphatic carbocycles. The summed E-state index contributed by atoms with van der Waals surface area (Å²) in [6, 6.07) is 17.4. The second-order valence-corrected chi connectivity index (χ2v) is 3.95. The van der Waals surface area contributed by atoms with Gasteiger partial charge >= 0.3 is 5.97 Å². The van der Waals surface area contributed by atoms with Crippen LogP contribution in [0.2, 0.25) is 0 Å². The number of hydrogen-bond acceptors (Lipinski definition) is 5. The first-order valence-corrected chi connectivity index (χ1v) is 6.00. The van der Waals surface area contributed by atoms with E-state index in [1.165, 1.54) is 0 Å². The van der Waals surface area contributed by atoms with Gasteiger partial charge in [-0.25, -0.2) is 4.79 Å². The summed E-state index contributed by atoms with van der Waals surface area (Å²) in [4.78, 5) is 27.7. The lowest BCUT2D eigenvalue weighted by Crippen LogP contribution is -2.08. The maximum Gasteiger partial charge on any atom is 0.344 e. The van der Waals surface area contributed by atoms with Crippen molar-refractivity contribution in [2.45, 2.75) is 6.42 Å². The SMILES string of the molecule is O=C(CC(=O)c1ccccc1)ON=Nc1ccccc1. The van der Waals surface area contributed by atoms with Crippen molar-refractivity contribution >= 4 is 17.4 Å². The number of Topliss-reactive ketones (excluding diaryl/α,β-unsaturated/α-hetero) is 1. The molecule has 5 heteroatoms. The van der Waals surface area contributed by atoms with E-state index in [0.29, 0.717) is 11.3 Å². The predicted molar refractivity (Wildman–Crippen MR) is 72.4 cm³/mol. The second-order valence-electron chi connectivity index (χ2n) is 3.95. The highest BCUT2D eigenvalue weighted by molar-refractivity contribution is 6.05. The van der Waals surface area contributed by atoms with Gasteiger partial charge in [-0.3, -0.25) is 9.63 Å². The lowest BCUT2D eigenvalue weighted by Gasteiger charge is -1.98. The Morgan fingerprint density at radius 1 is 0.900 bits per heavy atom. The summed E-state index contributed by atoms with van der Waals surface area (Å²) in [6.45, 7) is 0. The van der Waals surface area contributed by atoms with E-state index in [9.17, 15) is 9.59 Å². The molecule has 2 aromatic rings. The molecule has 0 fully saturated rings.